The molecule has 150 valence electrons. The molecule has 6 heteroatoms. The van der Waals surface area contributed by atoms with Crippen molar-refractivity contribution in [2.45, 2.75) is 5.25 Å². The lowest BCUT2D eigenvalue weighted by molar-refractivity contribution is -0.118. The van der Waals surface area contributed by atoms with Crippen molar-refractivity contribution < 1.29 is 14.3 Å². The summed E-state index contributed by atoms with van der Waals surface area (Å²) in [6.07, 6.45) is 1.59. The van der Waals surface area contributed by atoms with E-state index in [4.69, 9.17) is 9.47 Å². The van der Waals surface area contributed by atoms with Gasteiger partial charge < -0.3 is 9.47 Å². The van der Waals surface area contributed by atoms with Crippen LogP contribution in [0, 0.1) is 0 Å². The molecule has 1 heterocycles. The lowest BCUT2D eigenvalue weighted by Crippen LogP contribution is -2.20. The van der Waals surface area contributed by atoms with Crippen LogP contribution in [0.1, 0.15) is 21.9 Å². The summed E-state index contributed by atoms with van der Waals surface area (Å²) in [7, 11) is 0. The van der Waals surface area contributed by atoms with Gasteiger partial charge in [0.15, 0.2) is 11.5 Å². The topological polar surface area (TPSA) is 59.9 Å². The molecular formula is C24H20N2O3S. The average Bonchev–Trinajstić information content (AvgIpc) is 3.12. The lowest BCUT2D eigenvalue weighted by Gasteiger charge is -2.19. The summed E-state index contributed by atoms with van der Waals surface area (Å²) in [5.74, 6) is 1.54. The summed E-state index contributed by atoms with van der Waals surface area (Å²) < 4.78 is 11.2. The number of hydrogen-bond acceptors (Lipinski definition) is 5. The molecule has 5 rings (SSSR count). The fourth-order valence-electron chi connectivity index (χ4n) is 3.85. The van der Waals surface area contributed by atoms with Crippen LogP contribution in [-0.4, -0.2) is 31.1 Å². The number of ether oxygens (including phenoxy) is 2. The van der Waals surface area contributed by atoms with Crippen molar-refractivity contribution in [3.63, 3.8) is 0 Å². The number of para-hydroxylation sites is 1. The lowest BCUT2D eigenvalue weighted by atomic mass is 10.1. The van der Waals surface area contributed by atoms with Gasteiger partial charge in [0.05, 0.1) is 17.2 Å². The minimum Gasteiger partial charge on any atom is -0.486 e. The highest BCUT2D eigenvalue weighted by atomic mass is 32.2. The van der Waals surface area contributed by atoms with E-state index >= 15 is 0 Å². The molecule has 0 saturated heterocycles. The smallest absolute Gasteiger partial charge is 0.250 e. The molecular weight excluding hydrogens is 396 g/mol. The number of carbonyl (C=O) groups excluding carboxylic acids is 1. The number of carbonyl (C=O) groups is 1. The monoisotopic (exact) mass is 416 g/mol. The fraction of sp³-hybridized carbons (Fsp3) is 0.167. The van der Waals surface area contributed by atoms with Crippen molar-refractivity contribution in [2.75, 3.05) is 19.0 Å². The van der Waals surface area contributed by atoms with Gasteiger partial charge in [-0.2, -0.15) is 5.10 Å². The van der Waals surface area contributed by atoms with Gasteiger partial charge in [-0.1, -0.05) is 54.6 Å². The van der Waals surface area contributed by atoms with Crippen molar-refractivity contribution in [1.29, 1.82) is 0 Å². The van der Waals surface area contributed by atoms with Crippen molar-refractivity contribution >= 4 is 23.9 Å². The predicted molar refractivity (Wildman–Crippen MR) is 119 cm³/mol. The third kappa shape index (κ3) is 3.55. The molecule has 5 nitrogen and oxygen atoms in total. The number of thioether (sulfide) groups is 1. The third-order valence-corrected chi connectivity index (χ3v) is 6.42. The molecule has 0 fully saturated rings. The second-order valence-corrected chi connectivity index (χ2v) is 8.12. The van der Waals surface area contributed by atoms with E-state index in [1.807, 2.05) is 18.2 Å². The first-order valence-electron chi connectivity index (χ1n) is 9.81. The maximum atomic E-state index is 12.4. The summed E-state index contributed by atoms with van der Waals surface area (Å²) in [6, 6.07) is 22.4. The highest BCUT2D eigenvalue weighted by Gasteiger charge is 2.28. The summed E-state index contributed by atoms with van der Waals surface area (Å²) in [4.78, 5) is 12.4. The maximum absolute atomic E-state index is 12.4. The van der Waals surface area contributed by atoms with Gasteiger partial charge in [-0.15, -0.1) is 11.8 Å². The van der Waals surface area contributed by atoms with Crippen LogP contribution in [0.4, 0.5) is 0 Å². The predicted octanol–water partition coefficient (Wildman–Crippen LogP) is 4.41. The summed E-state index contributed by atoms with van der Waals surface area (Å²) in [5.41, 5.74) is 8.41. The van der Waals surface area contributed by atoms with Gasteiger partial charge in [0.2, 0.25) is 5.91 Å². The minimum absolute atomic E-state index is 0.139. The molecule has 0 unspecified atom stereocenters. The Morgan fingerprint density at radius 2 is 1.67 bits per heavy atom. The number of hydrazone groups is 1. The van der Waals surface area contributed by atoms with Crippen molar-refractivity contribution in [2.24, 2.45) is 5.10 Å². The molecule has 2 aliphatic rings. The molecule has 1 aliphatic heterocycles. The maximum Gasteiger partial charge on any atom is 0.250 e. The van der Waals surface area contributed by atoms with E-state index in [1.165, 1.54) is 22.3 Å². The molecule has 3 aromatic carbocycles. The van der Waals surface area contributed by atoms with Crippen LogP contribution in [0.2, 0.25) is 0 Å². The zero-order valence-electron chi connectivity index (χ0n) is 16.2. The Balaban J connectivity index is 1.24. The molecule has 1 N–H and O–H groups in total. The molecule has 0 aromatic heterocycles. The van der Waals surface area contributed by atoms with Crippen LogP contribution in [-0.2, 0) is 4.79 Å². The van der Waals surface area contributed by atoms with Crippen LogP contribution in [0.25, 0.3) is 11.1 Å². The van der Waals surface area contributed by atoms with Crippen molar-refractivity contribution in [1.82, 2.24) is 5.43 Å². The number of nitrogens with zero attached hydrogens (tertiary/aromatic N) is 1. The first-order chi connectivity index (χ1) is 14.8. The molecule has 0 spiro atoms. The van der Waals surface area contributed by atoms with E-state index in [0.29, 0.717) is 30.5 Å². The SMILES string of the molecule is O=C(CSC1c2ccccc2-c2ccccc21)N/N=C/c1cccc2c1OCCO2. The largest absolute Gasteiger partial charge is 0.486 e. The number of nitrogens with one attached hydrogen (secondary N) is 1. The van der Waals surface area contributed by atoms with Crippen LogP contribution >= 0.6 is 11.8 Å². The van der Waals surface area contributed by atoms with E-state index in [-0.39, 0.29) is 11.2 Å². The molecule has 0 bridgehead atoms. The van der Waals surface area contributed by atoms with Gasteiger partial charge >= 0.3 is 0 Å². The van der Waals surface area contributed by atoms with Gasteiger partial charge in [-0.25, -0.2) is 5.43 Å². The Kier molecular flexibility index (Phi) is 5.15. The normalized spacial score (nSPS) is 14.4. The molecule has 1 amide bonds. The third-order valence-electron chi connectivity index (χ3n) is 5.15. The zero-order chi connectivity index (χ0) is 20.3. The van der Waals surface area contributed by atoms with Crippen LogP contribution in [0.3, 0.4) is 0 Å². The van der Waals surface area contributed by atoms with E-state index in [1.54, 1.807) is 18.0 Å². The van der Waals surface area contributed by atoms with Gasteiger partial charge in [-0.05, 0) is 34.4 Å². The molecule has 30 heavy (non-hydrogen) atoms. The molecule has 0 radical (unpaired) electrons. The fourth-order valence-corrected chi connectivity index (χ4v) is 5.00. The number of rotatable bonds is 5. The Hall–Kier alpha value is -3.25. The van der Waals surface area contributed by atoms with Gasteiger partial charge in [0.1, 0.15) is 13.2 Å². The molecule has 0 atom stereocenters. The summed E-state index contributed by atoms with van der Waals surface area (Å²) in [6.45, 7) is 1.04. The molecule has 1 aliphatic carbocycles. The Bertz CT molecular complexity index is 1080. The summed E-state index contributed by atoms with van der Waals surface area (Å²) >= 11 is 1.62. The summed E-state index contributed by atoms with van der Waals surface area (Å²) in [5, 5.41) is 4.26. The van der Waals surface area contributed by atoms with E-state index in [2.05, 4.69) is 59.1 Å². The quantitative estimate of drug-likeness (QED) is 0.494. The van der Waals surface area contributed by atoms with Crippen LogP contribution in [0.15, 0.2) is 71.8 Å². The number of hydrogen-bond donors (Lipinski definition) is 1. The van der Waals surface area contributed by atoms with Crippen molar-refractivity contribution in [3.8, 4) is 22.6 Å². The van der Waals surface area contributed by atoms with Crippen molar-refractivity contribution in [3.05, 3.63) is 83.4 Å². The molecule has 0 saturated carbocycles. The van der Waals surface area contributed by atoms with E-state index in [9.17, 15) is 4.79 Å². The zero-order valence-corrected chi connectivity index (χ0v) is 17.0. The van der Waals surface area contributed by atoms with E-state index in [0.717, 1.165) is 5.56 Å². The van der Waals surface area contributed by atoms with Crippen LogP contribution < -0.4 is 14.9 Å². The van der Waals surface area contributed by atoms with E-state index < -0.39 is 0 Å². The number of fused-ring (bicyclic) bond motifs is 4. The van der Waals surface area contributed by atoms with Gasteiger partial charge in [0, 0.05) is 5.56 Å². The van der Waals surface area contributed by atoms with Gasteiger partial charge in [0.25, 0.3) is 0 Å². The van der Waals surface area contributed by atoms with Gasteiger partial charge in [-0.3, -0.25) is 4.79 Å². The molecule has 3 aromatic rings. The Morgan fingerprint density at radius 1 is 0.967 bits per heavy atom. The highest BCUT2D eigenvalue weighted by Crippen LogP contribution is 2.49. The second-order valence-electron chi connectivity index (χ2n) is 7.03. The first kappa shape index (κ1) is 18.8. The average molecular weight is 417 g/mol. The standard InChI is InChI=1S/C24H20N2O3S/c27-22(26-25-14-16-6-5-11-21-23(16)29-13-12-28-21)15-30-24-19-9-3-1-7-17(19)18-8-2-4-10-20(18)24/h1-11,14,24H,12-13,15H2,(H,26,27)/b25-14+. The first-order valence-corrected chi connectivity index (χ1v) is 10.9. The number of benzene rings is 3. The second kappa shape index (κ2) is 8.24. The Labute approximate surface area is 179 Å². The minimum atomic E-state index is -0.139. The Morgan fingerprint density at radius 3 is 2.43 bits per heavy atom. The van der Waals surface area contributed by atoms with Crippen LogP contribution in [0.5, 0.6) is 11.5 Å². The highest BCUT2D eigenvalue weighted by molar-refractivity contribution is 8.00. The number of amides is 1.